The van der Waals surface area contributed by atoms with Crippen LogP contribution in [0.15, 0.2) is 34.8 Å². The molecule has 22 heavy (non-hydrogen) atoms. The molecule has 0 aliphatic carbocycles. The number of phenolic OH excluding ortho intramolecular Hbond substituents is 1. The maximum atomic E-state index is 13.2. The summed E-state index contributed by atoms with van der Waals surface area (Å²) in [5.41, 5.74) is 1.37. The zero-order chi connectivity index (χ0) is 15.9. The van der Waals surface area contributed by atoms with Gasteiger partial charge in [-0.05, 0) is 39.7 Å². The minimum absolute atomic E-state index is 0.114. The highest BCUT2D eigenvalue weighted by atomic mass is 79.9. The Balaban J connectivity index is 2.02. The molecule has 0 aliphatic rings. The van der Waals surface area contributed by atoms with Crippen LogP contribution in [0.3, 0.4) is 0 Å². The highest BCUT2D eigenvalue weighted by molar-refractivity contribution is 9.10. The van der Waals surface area contributed by atoms with Crippen molar-refractivity contribution in [2.24, 2.45) is 0 Å². The number of phenols is 1. The van der Waals surface area contributed by atoms with Crippen molar-refractivity contribution < 1.29 is 13.9 Å². The van der Waals surface area contributed by atoms with Gasteiger partial charge in [-0.3, -0.25) is 0 Å². The summed E-state index contributed by atoms with van der Waals surface area (Å²) in [5, 5.41) is 9.72. The fraction of sp³-hybridized carbons (Fsp3) is 0. The highest BCUT2D eigenvalue weighted by Gasteiger charge is 2.10. The maximum Gasteiger partial charge on any atom is 0.161 e. The number of aromatic hydroxyl groups is 1. The number of hydrogen-bond acceptors (Lipinski definition) is 2. The Morgan fingerprint density at radius 3 is 2.68 bits per heavy atom. The Morgan fingerprint density at radius 1 is 1.23 bits per heavy atom. The summed E-state index contributed by atoms with van der Waals surface area (Å²) < 4.78 is 26.9. The van der Waals surface area contributed by atoms with Crippen LogP contribution in [0.2, 0.25) is 0 Å². The lowest BCUT2D eigenvalue weighted by Gasteiger charge is -1.99. The summed E-state index contributed by atoms with van der Waals surface area (Å²) in [6.07, 6.45) is 1.62. The predicted octanol–water partition coefficient (Wildman–Crippen LogP) is 5.05. The van der Waals surface area contributed by atoms with Crippen LogP contribution in [0.25, 0.3) is 22.1 Å². The lowest BCUT2D eigenvalue weighted by atomic mass is 10.2. The Bertz CT molecular complexity index is 869. The maximum absolute atomic E-state index is 13.2. The van der Waals surface area contributed by atoms with Crippen LogP contribution in [-0.4, -0.2) is 15.1 Å². The monoisotopic (exact) mass is 384 g/mol. The molecule has 1 aromatic heterocycles. The van der Waals surface area contributed by atoms with Gasteiger partial charge in [-0.15, -0.1) is 0 Å². The molecular formula is C15H8BrClF2N2O. The van der Waals surface area contributed by atoms with E-state index in [2.05, 4.69) is 25.9 Å². The number of halogens is 4. The van der Waals surface area contributed by atoms with Gasteiger partial charge < -0.3 is 10.1 Å². The number of rotatable bonds is 2. The quantitative estimate of drug-likeness (QED) is 0.649. The number of aromatic amines is 1. The molecule has 0 bridgehead atoms. The lowest BCUT2D eigenvalue weighted by Crippen LogP contribution is -1.82. The van der Waals surface area contributed by atoms with Gasteiger partial charge in [-0.2, -0.15) is 0 Å². The second-order valence-corrected chi connectivity index (χ2v) is 5.83. The topological polar surface area (TPSA) is 48.9 Å². The lowest BCUT2D eigenvalue weighted by molar-refractivity contribution is 0.472. The third kappa shape index (κ3) is 2.84. The largest absolute Gasteiger partial charge is 0.507 e. The number of hydrogen-bond donors (Lipinski definition) is 2. The molecule has 0 unspecified atom stereocenters. The second kappa shape index (κ2) is 5.70. The highest BCUT2D eigenvalue weighted by Crippen LogP contribution is 2.28. The van der Waals surface area contributed by atoms with E-state index in [-0.39, 0.29) is 16.3 Å². The first-order valence-electron chi connectivity index (χ1n) is 6.15. The molecule has 3 rings (SSSR count). The molecule has 0 atom stereocenters. The smallest absolute Gasteiger partial charge is 0.161 e. The van der Waals surface area contributed by atoms with Crippen molar-refractivity contribution in [3.63, 3.8) is 0 Å². The third-order valence-corrected chi connectivity index (χ3v) is 3.94. The summed E-state index contributed by atoms with van der Waals surface area (Å²) >= 11 is 9.39. The fourth-order valence-corrected chi connectivity index (χ4v) is 2.56. The first-order valence-corrected chi connectivity index (χ1v) is 7.32. The molecule has 2 aromatic carbocycles. The Hall–Kier alpha value is -1.92. The zero-order valence-electron chi connectivity index (χ0n) is 10.9. The number of aromatic nitrogens is 2. The number of fused-ring (bicyclic) bond motifs is 1. The molecule has 0 saturated carbocycles. The third-order valence-electron chi connectivity index (χ3n) is 3.02. The number of nitrogens with zero attached hydrogens (tertiary/aromatic N) is 1. The van der Waals surface area contributed by atoms with Gasteiger partial charge in [0.05, 0.1) is 20.5 Å². The van der Waals surface area contributed by atoms with Crippen molar-refractivity contribution in [3.8, 4) is 5.75 Å². The van der Waals surface area contributed by atoms with E-state index >= 15 is 0 Å². The van der Waals surface area contributed by atoms with Crippen LogP contribution >= 0.6 is 27.5 Å². The average molecular weight is 386 g/mol. The van der Waals surface area contributed by atoms with Gasteiger partial charge in [0.15, 0.2) is 11.6 Å². The van der Waals surface area contributed by atoms with Gasteiger partial charge in [-0.1, -0.05) is 17.7 Å². The van der Waals surface area contributed by atoms with E-state index in [4.69, 9.17) is 11.6 Å². The molecule has 0 aliphatic heterocycles. The van der Waals surface area contributed by atoms with Crippen LogP contribution in [-0.2, 0) is 0 Å². The molecule has 3 nitrogen and oxygen atoms in total. The van der Waals surface area contributed by atoms with Crippen molar-refractivity contribution in [3.05, 3.63) is 57.8 Å². The minimum Gasteiger partial charge on any atom is -0.507 e. The first kappa shape index (κ1) is 15.0. The van der Waals surface area contributed by atoms with Gasteiger partial charge in [-0.25, -0.2) is 13.8 Å². The van der Waals surface area contributed by atoms with Gasteiger partial charge in [0, 0.05) is 12.1 Å². The van der Waals surface area contributed by atoms with Crippen LogP contribution in [0.1, 0.15) is 11.4 Å². The molecule has 7 heteroatoms. The van der Waals surface area contributed by atoms with E-state index in [1.54, 1.807) is 18.2 Å². The van der Waals surface area contributed by atoms with Gasteiger partial charge in [0.1, 0.15) is 11.6 Å². The normalized spacial score (nSPS) is 12.1. The summed E-state index contributed by atoms with van der Waals surface area (Å²) in [4.78, 5) is 6.96. The number of imidazole rings is 1. The molecule has 0 amide bonds. The second-order valence-electron chi connectivity index (χ2n) is 4.57. The summed E-state index contributed by atoms with van der Waals surface area (Å²) in [6, 6.07) is 6.90. The SMILES string of the molecule is Oc1ccc(/C=C(/Cl)c2nc3cc(F)c(F)cc3[nH]2)cc1Br. The van der Waals surface area contributed by atoms with E-state index in [0.29, 0.717) is 15.8 Å². The van der Waals surface area contributed by atoms with Crippen LogP contribution in [0, 0.1) is 11.6 Å². The van der Waals surface area contributed by atoms with Crippen LogP contribution < -0.4 is 0 Å². The van der Waals surface area contributed by atoms with E-state index in [9.17, 15) is 13.9 Å². The summed E-state index contributed by atoms with van der Waals surface area (Å²) in [7, 11) is 0. The standard InChI is InChI=1S/C15H8BrClF2N2O/c16-8-3-7(1-2-14(8)22)4-9(17)15-20-12-5-10(18)11(19)6-13(12)21-15/h1-6,22H,(H,20,21)/b9-4+. The van der Waals surface area contributed by atoms with E-state index in [1.165, 1.54) is 6.07 Å². The molecule has 3 aromatic rings. The number of benzene rings is 2. The Kier molecular flexibility index (Phi) is 3.88. The van der Waals surface area contributed by atoms with E-state index in [0.717, 1.165) is 17.7 Å². The Labute approximate surface area is 137 Å². The van der Waals surface area contributed by atoms with E-state index < -0.39 is 11.6 Å². The van der Waals surface area contributed by atoms with Gasteiger partial charge in [0.25, 0.3) is 0 Å². The molecular weight excluding hydrogens is 378 g/mol. The minimum atomic E-state index is -0.965. The van der Waals surface area contributed by atoms with Crippen molar-refractivity contribution >= 4 is 49.7 Å². The van der Waals surface area contributed by atoms with Gasteiger partial charge >= 0.3 is 0 Å². The van der Waals surface area contributed by atoms with Crippen LogP contribution in [0.4, 0.5) is 8.78 Å². The molecule has 0 saturated heterocycles. The molecule has 112 valence electrons. The zero-order valence-corrected chi connectivity index (χ0v) is 13.2. The number of H-pyrrole nitrogens is 1. The average Bonchev–Trinajstić information content (AvgIpc) is 2.86. The molecule has 0 spiro atoms. The van der Waals surface area contributed by atoms with Gasteiger partial charge in [0.2, 0.25) is 0 Å². The molecule has 0 radical (unpaired) electrons. The van der Waals surface area contributed by atoms with E-state index in [1.807, 2.05) is 0 Å². The number of nitrogens with one attached hydrogen (secondary N) is 1. The Morgan fingerprint density at radius 2 is 1.95 bits per heavy atom. The summed E-state index contributed by atoms with van der Waals surface area (Å²) in [6.45, 7) is 0. The van der Waals surface area contributed by atoms with Crippen molar-refractivity contribution in [2.45, 2.75) is 0 Å². The fourth-order valence-electron chi connectivity index (χ4n) is 1.95. The van der Waals surface area contributed by atoms with Crippen molar-refractivity contribution in [1.82, 2.24) is 9.97 Å². The summed E-state index contributed by atoms with van der Waals surface area (Å²) in [5.74, 6) is -1.51. The molecule has 0 fully saturated rings. The predicted molar refractivity (Wildman–Crippen MR) is 85.5 cm³/mol. The van der Waals surface area contributed by atoms with Crippen molar-refractivity contribution in [2.75, 3.05) is 0 Å². The first-order chi connectivity index (χ1) is 10.4. The van der Waals surface area contributed by atoms with Crippen LogP contribution in [0.5, 0.6) is 5.75 Å². The van der Waals surface area contributed by atoms with Crippen molar-refractivity contribution in [1.29, 1.82) is 0 Å². The molecule has 1 heterocycles. The molecule has 2 N–H and O–H groups in total.